The van der Waals surface area contributed by atoms with Gasteiger partial charge in [-0.05, 0) is 33.6 Å². The molecular formula is C12H20N2O3. The molecule has 0 spiro atoms. The number of nitrogens with one attached hydrogen (secondary N) is 1. The minimum atomic E-state index is -0.520. The summed E-state index contributed by atoms with van der Waals surface area (Å²) in [5, 5.41) is 11.8. The Balaban J connectivity index is 2.53. The molecule has 0 aliphatic carbocycles. The lowest BCUT2D eigenvalue weighted by Crippen LogP contribution is -2.42. The number of alkyl carbamates (subject to hydrolysis) is 1. The Kier molecular flexibility index (Phi) is 4.76. The summed E-state index contributed by atoms with van der Waals surface area (Å²) in [5.41, 5.74) is -0.520. The monoisotopic (exact) mass is 240 g/mol. The third kappa shape index (κ3) is 5.05. The van der Waals surface area contributed by atoms with Crippen LogP contribution in [-0.4, -0.2) is 30.9 Å². The fourth-order valence-electron chi connectivity index (χ4n) is 1.71. The van der Waals surface area contributed by atoms with Crippen molar-refractivity contribution in [3.63, 3.8) is 0 Å². The van der Waals surface area contributed by atoms with Crippen molar-refractivity contribution in [2.24, 2.45) is 5.92 Å². The Morgan fingerprint density at radius 1 is 1.41 bits per heavy atom. The molecule has 0 aromatic carbocycles. The maximum atomic E-state index is 11.6. The normalized spacial score (nSPS) is 25.5. The Bertz CT molecular complexity index is 304. The van der Waals surface area contributed by atoms with Crippen LogP contribution in [0.25, 0.3) is 0 Å². The summed E-state index contributed by atoms with van der Waals surface area (Å²) in [5.74, 6) is -0.204. The van der Waals surface area contributed by atoms with Crippen LogP contribution in [0.4, 0.5) is 4.79 Å². The lowest BCUT2D eigenvalue weighted by Gasteiger charge is -2.24. The minimum absolute atomic E-state index is 0.183. The summed E-state index contributed by atoms with van der Waals surface area (Å²) < 4.78 is 10.5. The van der Waals surface area contributed by atoms with E-state index in [1.165, 1.54) is 0 Å². The summed E-state index contributed by atoms with van der Waals surface area (Å²) in [6.07, 6.45) is 0.832. The van der Waals surface area contributed by atoms with Gasteiger partial charge in [0.15, 0.2) is 0 Å². The molecule has 1 heterocycles. The van der Waals surface area contributed by atoms with Gasteiger partial charge in [0, 0.05) is 13.2 Å². The Morgan fingerprint density at radius 3 is 2.65 bits per heavy atom. The first-order chi connectivity index (χ1) is 7.92. The summed E-state index contributed by atoms with van der Waals surface area (Å²) in [6, 6.07) is 2.03. The average molecular weight is 240 g/mol. The van der Waals surface area contributed by atoms with E-state index in [2.05, 4.69) is 11.4 Å². The van der Waals surface area contributed by atoms with Crippen molar-refractivity contribution in [3.8, 4) is 6.07 Å². The van der Waals surface area contributed by atoms with Crippen molar-refractivity contribution >= 4 is 6.09 Å². The maximum absolute atomic E-state index is 11.6. The minimum Gasteiger partial charge on any atom is -0.444 e. The molecule has 1 amide bonds. The highest BCUT2D eigenvalue weighted by molar-refractivity contribution is 5.68. The van der Waals surface area contributed by atoms with E-state index in [9.17, 15) is 4.79 Å². The zero-order valence-electron chi connectivity index (χ0n) is 10.7. The molecule has 0 bridgehead atoms. The van der Waals surface area contributed by atoms with E-state index >= 15 is 0 Å². The molecule has 2 unspecified atom stereocenters. The lowest BCUT2D eigenvalue weighted by molar-refractivity contribution is 0.0490. The van der Waals surface area contributed by atoms with Gasteiger partial charge < -0.3 is 14.8 Å². The van der Waals surface area contributed by atoms with Gasteiger partial charge in [-0.2, -0.15) is 5.26 Å². The van der Waals surface area contributed by atoms with Gasteiger partial charge in [-0.1, -0.05) is 0 Å². The van der Waals surface area contributed by atoms with E-state index in [0.29, 0.717) is 26.1 Å². The third-order valence-electron chi connectivity index (χ3n) is 2.50. The van der Waals surface area contributed by atoms with Crippen LogP contribution in [0.3, 0.4) is 0 Å². The second-order valence-electron chi connectivity index (χ2n) is 5.18. The molecule has 0 saturated carbocycles. The number of rotatable bonds is 1. The van der Waals surface area contributed by atoms with Crippen molar-refractivity contribution < 1.29 is 14.3 Å². The summed E-state index contributed by atoms with van der Waals surface area (Å²) in [4.78, 5) is 11.6. The smallest absolute Gasteiger partial charge is 0.407 e. The third-order valence-corrected chi connectivity index (χ3v) is 2.50. The number of nitriles is 1. The number of ether oxygens (including phenoxy) is 2. The van der Waals surface area contributed by atoms with Crippen LogP contribution in [-0.2, 0) is 9.47 Å². The molecule has 0 radical (unpaired) electrons. The zero-order valence-corrected chi connectivity index (χ0v) is 10.7. The largest absolute Gasteiger partial charge is 0.444 e. The molecule has 0 aromatic rings. The molecule has 0 aromatic heterocycles. The van der Waals surface area contributed by atoms with Gasteiger partial charge in [0.2, 0.25) is 0 Å². The Hall–Kier alpha value is -1.28. The first-order valence-electron chi connectivity index (χ1n) is 5.89. The van der Waals surface area contributed by atoms with Gasteiger partial charge in [0.25, 0.3) is 0 Å². The van der Waals surface area contributed by atoms with E-state index < -0.39 is 11.7 Å². The van der Waals surface area contributed by atoms with E-state index in [-0.39, 0.29) is 12.0 Å². The second kappa shape index (κ2) is 5.87. The number of hydrogen-bond donors (Lipinski definition) is 1. The highest BCUT2D eigenvalue weighted by Gasteiger charge is 2.27. The highest BCUT2D eigenvalue weighted by atomic mass is 16.6. The highest BCUT2D eigenvalue weighted by Crippen LogP contribution is 2.16. The van der Waals surface area contributed by atoms with E-state index in [1.54, 1.807) is 0 Å². The van der Waals surface area contributed by atoms with Crippen LogP contribution in [0.15, 0.2) is 0 Å². The zero-order chi connectivity index (χ0) is 12.9. The van der Waals surface area contributed by atoms with Gasteiger partial charge in [-0.25, -0.2) is 4.79 Å². The molecule has 1 rings (SSSR count). The first-order valence-corrected chi connectivity index (χ1v) is 5.89. The Labute approximate surface area is 102 Å². The van der Waals surface area contributed by atoms with Gasteiger partial charge in [-0.3, -0.25) is 0 Å². The van der Waals surface area contributed by atoms with Crippen molar-refractivity contribution in [1.82, 2.24) is 5.32 Å². The average Bonchev–Trinajstić information content (AvgIpc) is 2.39. The molecule has 1 fully saturated rings. The molecule has 17 heavy (non-hydrogen) atoms. The molecule has 96 valence electrons. The predicted molar refractivity (Wildman–Crippen MR) is 62.3 cm³/mol. The number of carbonyl (C=O) groups is 1. The van der Waals surface area contributed by atoms with Crippen molar-refractivity contribution in [3.05, 3.63) is 0 Å². The number of carbonyl (C=O) groups excluding carboxylic acids is 1. The summed E-state index contributed by atoms with van der Waals surface area (Å²) in [7, 11) is 0. The lowest BCUT2D eigenvalue weighted by atomic mass is 9.97. The molecular weight excluding hydrogens is 220 g/mol. The summed E-state index contributed by atoms with van der Waals surface area (Å²) in [6.45, 7) is 6.57. The molecule has 1 aliphatic heterocycles. The van der Waals surface area contributed by atoms with Gasteiger partial charge >= 0.3 is 6.09 Å². The fourth-order valence-corrected chi connectivity index (χ4v) is 1.71. The van der Waals surface area contributed by atoms with Gasteiger partial charge in [0.1, 0.15) is 5.60 Å². The maximum Gasteiger partial charge on any atom is 0.407 e. The van der Waals surface area contributed by atoms with Crippen molar-refractivity contribution in [2.45, 2.75) is 45.3 Å². The number of nitrogens with zero attached hydrogens (tertiary/aromatic N) is 1. The SMILES string of the molecule is CC(C)(C)OC(=O)NC1CCOCCC1C#N. The van der Waals surface area contributed by atoms with Crippen LogP contribution in [0.1, 0.15) is 33.6 Å². The Morgan fingerprint density at radius 2 is 2.06 bits per heavy atom. The van der Waals surface area contributed by atoms with Crippen LogP contribution in [0, 0.1) is 17.2 Å². The standard InChI is InChI=1S/C12H20N2O3/c1-12(2,3)17-11(15)14-10-5-7-16-6-4-9(10)8-13/h9-10H,4-7H2,1-3H3,(H,14,15). The first kappa shape index (κ1) is 13.8. The predicted octanol–water partition coefficient (Wildman–Crippen LogP) is 1.83. The van der Waals surface area contributed by atoms with Crippen LogP contribution >= 0.6 is 0 Å². The van der Waals surface area contributed by atoms with E-state index in [0.717, 1.165) is 0 Å². The van der Waals surface area contributed by atoms with Gasteiger partial charge in [0.05, 0.1) is 18.0 Å². The van der Waals surface area contributed by atoms with E-state index in [1.807, 2.05) is 20.8 Å². The molecule has 5 nitrogen and oxygen atoms in total. The van der Waals surface area contributed by atoms with Crippen LogP contribution < -0.4 is 5.32 Å². The molecule has 1 saturated heterocycles. The number of amides is 1. The van der Waals surface area contributed by atoms with Gasteiger partial charge in [-0.15, -0.1) is 0 Å². The second-order valence-corrected chi connectivity index (χ2v) is 5.18. The molecule has 2 atom stereocenters. The summed E-state index contributed by atoms with van der Waals surface area (Å²) >= 11 is 0. The quantitative estimate of drug-likeness (QED) is 0.759. The van der Waals surface area contributed by atoms with Crippen LogP contribution in [0.2, 0.25) is 0 Å². The topological polar surface area (TPSA) is 71.3 Å². The molecule has 1 N–H and O–H groups in total. The van der Waals surface area contributed by atoms with Crippen LogP contribution in [0.5, 0.6) is 0 Å². The molecule has 1 aliphatic rings. The van der Waals surface area contributed by atoms with Crippen molar-refractivity contribution in [1.29, 1.82) is 5.26 Å². The van der Waals surface area contributed by atoms with E-state index in [4.69, 9.17) is 14.7 Å². The molecule has 5 heteroatoms. The number of hydrogen-bond acceptors (Lipinski definition) is 4. The fraction of sp³-hybridized carbons (Fsp3) is 0.833. The van der Waals surface area contributed by atoms with Crippen molar-refractivity contribution in [2.75, 3.05) is 13.2 Å².